The van der Waals surface area contributed by atoms with Crippen LogP contribution in [-0.4, -0.2) is 51.4 Å². The van der Waals surface area contributed by atoms with Crippen LogP contribution in [0.3, 0.4) is 0 Å². The molecule has 27 valence electrons. The Balaban J connectivity index is 0. The average molecular weight is 233 g/mol. The van der Waals surface area contributed by atoms with Crippen LogP contribution in [0, 0.1) is 0 Å². The van der Waals surface area contributed by atoms with Crippen LogP contribution in [0.2, 0.25) is 0 Å². The fourth-order valence-corrected chi connectivity index (χ4v) is 0. The molecule has 0 atom stereocenters. The van der Waals surface area contributed by atoms with Gasteiger partial charge in [-0.25, -0.2) is 6.14 Å². The summed E-state index contributed by atoms with van der Waals surface area (Å²) in [6.07, 6.45) is 0. The fourth-order valence-electron chi connectivity index (χ4n) is 0. The number of halogens is 2. The number of hydrogen-bond donors (Lipinski definition) is 0. The number of hydrogen-bond acceptors (Lipinski definition) is 2. The van der Waals surface area contributed by atoms with Gasteiger partial charge in [-0.1, -0.05) is 0 Å². The van der Waals surface area contributed by atoms with Gasteiger partial charge in [0.05, 0.1) is 0 Å². The van der Waals surface area contributed by atoms with E-state index in [1.54, 1.807) is 0 Å². The minimum atomic E-state index is -3.29. The molecule has 1 radical (unpaired) electrons. The fraction of sp³-hybridized carbons (Fsp3) is 0. The first-order valence-electron chi connectivity index (χ1n) is 0.451. The third-order valence-corrected chi connectivity index (χ3v) is 0. The second kappa shape index (κ2) is 6.26. The van der Waals surface area contributed by atoms with Crippen LogP contribution in [0.15, 0.2) is 0 Å². The molecule has 5 heteroatoms. The summed E-state index contributed by atoms with van der Waals surface area (Å²) in [7, 11) is 4.32. The maximum atomic E-state index is 8.89. The van der Waals surface area contributed by atoms with Crippen LogP contribution in [0.1, 0.15) is 0 Å². The summed E-state index contributed by atoms with van der Waals surface area (Å²) in [4.78, 5) is 0. The molecule has 0 fully saturated rings. The number of rotatable bonds is 0. The Labute approximate surface area is 82.9 Å². The first-order valence-corrected chi connectivity index (χ1v) is 4.95. The molecule has 0 N–H and O–H groups in total. The van der Waals surface area contributed by atoms with E-state index in [-0.39, 0.29) is 51.4 Å². The minimum Gasteiger partial charge on any atom is -0.217 e. The summed E-state index contributed by atoms with van der Waals surface area (Å²) in [5.74, 6) is 0. The van der Waals surface area contributed by atoms with Gasteiger partial charge in [-0.2, -0.15) is 0 Å². The van der Waals surface area contributed by atoms with E-state index in [1.165, 1.54) is 0 Å². The molecule has 0 unspecified atom stereocenters. The molecule has 0 spiro atoms. The predicted octanol–water partition coefficient (Wildman–Crippen LogP) is 0.957. The van der Waals surface area contributed by atoms with Crippen molar-refractivity contribution < 1.29 is 6.14 Å². The maximum Gasteiger partial charge on any atom is 0.409 e. The summed E-state index contributed by atoms with van der Waals surface area (Å²) < 4.78 is 17.8. The summed E-state index contributed by atoms with van der Waals surface area (Å²) in [6.45, 7) is 0. The van der Waals surface area contributed by atoms with E-state index in [2.05, 4.69) is 8.91 Å². The molecule has 0 aliphatic carbocycles. The van der Waals surface area contributed by atoms with E-state index in [0.717, 1.165) is 0 Å². The summed E-state index contributed by atoms with van der Waals surface area (Å²) in [5, 5.41) is 0. The molecule has 0 bridgehead atoms. The molecule has 0 rings (SSSR count). The van der Waals surface area contributed by atoms with Gasteiger partial charge in [0.25, 0.3) is 0 Å². The van der Waals surface area contributed by atoms with Crippen molar-refractivity contribution in [2.45, 2.75) is 0 Å². The van der Waals surface area contributed by atoms with Gasteiger partial charge in [0.15, 0.2) is 0 Å². The molecule has 0 aromatic heterocycles. The van der Waals surface area contributed by atoms with E-state index in [0.29, 0.717) is 0 Å². The van der Waals surface area contributed by atoms with E-state index < -0.39 is 18.7 Å². The van der Waals surface area contributed by atoms with E-state index in [1.807, 2.05) is 0 Å². The zero-order chi connectivity index (χ0) is 3.58. The Hall–Kier alpha value is 2.26. The van der Waals surface area contributed by atoms with Crippen LogP contribution in [-0.2, 0) is 6.14 Å². The normalized spacial score (nSPS) is 6.80. The summed E-state index contributed by atoms with van der Waals surface area (Å²) in [5.41, 5.74) is 0. The van der Waals surface area contributed by atoms with Crippen molar-refractivity contribution in [1.29, 1.82) is 0 Å². The van der Waals surface area contributed by atoms with Crippen LogP contribution in [0.25, 0.3) is 0 Å². The van der Waals surface area contributed by atoms with Gasteiger partial charge in [-0.3, -0.25) is 0 Å². The second-order valence-electron chi connectivity index (χ2n) is 0.180. The van der Waals surface area contributed by atoms with E-state index in [4.69, 9.17) is 6.14 Å². The zero-order valence-electron chi connectivity index (χ0n) is 2.57. The van der Waals surface area contributed by atoms with Gasteiger partial charge < -0.3 is 0 Å². The van der Waals surface area contributed by atoms with Crippen LogP contribution in [0.4, 0.5) is 0 Å². The first kappa shape index (κ1) is 10.3. The largest absolute Gasteiger partial charge is 0.409 e. The van der Waals surface area contributed by atoms with Crippen LogP contribution >= 0.6 is 27.6 Å². The Kier molecular flexibility index (Phi) is 12.9. The van der Waals surface area contributed by atoms with Crippen LogP contribution in [0.5, 0.6) is 0 Å². The zero-order valence-corrected chi connectivity index (χ0v) is 8.61. The van der Waals surface area contributed by atoms with Gasteiger partial charge in [0.2, 0.25) is 0 Å². The van der Waals surface area contributed by atoms with Crippen molar-refractivity contribution in [3.8, 4) is 0 Å². The Bertz CT molecular complexity index is 58.0. The van der Waals surface area contributed by atoms with Gasteiger partial charge >= 0.3 is 18.7 Å². The molecule has 0 aromatic rings. The van der Waals surface area contributed by atoms with Crippen molar-refractivity contribution in [1.82, 2.24) is 0 Å². The molecule has 0 amide bonds. The SMILES string of the molecule is O=I(=O)Cl.[K]. The molecule has 0 aliphatic rings. The first-order chi connectivity index (χ1) is 1.73. The van der Waals surface area contributed by atoms with Gasteiger partial charge in [-0.05, 0) is 0 Å². The molecule has 2 nitrogen and oxygen atoms in total. The topological polar surface area (TPSA) is 34.1 Å². The third kappa shape index (κ3) is 22.3. The van der Waals surface area contributed by atoms with Gasteiger partial charge in [-0.15, -0.1) is 0 Å². The van der Waals surface area contributed by atoms with Crippen molar-refractivity contribution in [3.05, 3.63) is 0 Å². The second-order valence-corrected chi connectivity index (χ2v) is 2.77. The quantitative estimate of drug-likeness (QED) is 0.461. The Morgan fingerprint density at radius 1 is 1.40 bits per heavy atom. The third-order valence-electron chi connectivity index (χ3n) is 0. The minimum absolute atomic E-state index is 0. The maximum absolute atomic E-state index is 8.89. The van der Waals surface area contributed by atoms with Gasteiger partial charge in [0.1, 0.15) is 0 Å². The van der Waals surface area contributed by atoms with Crippen molar-refractivity contribution in [3.63, 3.8) is 0 Å². The van der Waals surface area contributed by atoms with Crippen molar-refractivity contribution in [2.75, 3.05) is 0 Å². The monoisotopic (exact) mass is 233 g/mol. The molecule has 0 saturated carbocycles. The Morgan fingerprint density at radius 2 is 1.40 bits per heavy atom. The van der Waals surface area contributed by atoms with Crippen molar-refractivity contribution in [2.24, 2.45) is 0 Å². The Morgan fingerprint density at radius 3 is 1.40 bits per heavy atom. The molecule has 5 heavy (non-hydrogen) atoms. The molecule has 0 aromatic carbocycles. The predicted molar refractivity (Wildman–Crippen MR) is 27.0 cm³/mol. The summed E-state index contributed by atoms with van der Waals surface area (Å²) >= 11 is -3.29. The standard InChI is InChI=1S/ClIO2.K/c1-2(3)4;. The molecule has 0 heterocycles. The van der Waals surface area contributed by atoms with Crippen molar-refractivity contribution >= 4 is 79.0 Å². The van der Waals surface area contributed by atoms with Gasteiger partial charge in [0, 0.05) is 60.3 Å². The molecular formula is ClIKO2. The van der Waals surface area contributed by atoms with Crippen LogP contribution < -0.4 is 0 Å². The molecule has 0 saturated heterocycles. The molecular weight excluding hydrogens is 233 g/mol. The van der Waals surface area contributed by atoms with E-state index >= 15 is 0 Å². The summed E-state index contributed by atoms with van der Waals surface area (Å²) in [6, 6.07) is 0. The smallest absolute Gasteiger partial charge is 0.217 e. The average Bonchev–Trinajstić information content (AvgIpc) is 0.811. The molecule has 0 aliphatic heterocycles. The van der Waals surface area contributed by atoms with E-state index in [9.17, 15) is 0 Å².